The molecule has 1 fully saturated rings. The minimum Gasteiger partial charge on any atom is -0.381 e. The zero-order chi connectivity index (χ0) is 17.5. The zero-order valence-electron chi connectivity index (χ0n) is 13.6. The Morgan fingerprint density at radius 2 is 1.88 bits per heavy atom. The minimum atomic E-state index is -0.763. The number of benzene rings is 1. The largest absolute Gasteiger partial charge is 0.381 e. The van der Waals surface area contributed by atoms with Crippen LogP contribution in [-0.2, 0) is 14.3 Å². The molecule has 8 heteroatoms. The van der Waals surface area contributed by atoms with Gasteiger partial charge in [0.05, 0.1) is 0 Å². The van der Waals surface area contributed by atoms with Crippen LogP contribution in [0.3, 0.4) is 0 Å². The molecule has 0 aliphatic carbocycles. The first-order valence-electron chi connectivity index (χ1n) is 7.98. The van der Waals surface area contributed by atoms with Crippen molar-refractivity contribution in [3.8, 4) is 0 Å². The molecule has 0 saturated carbocycles. The Morgan fingerprint density at radius 3 is 2.56 bits per heavy atom. The van der Waals surface area contributed by atoms with Crippen molar-refractivity contribution in [3.05, 3.63) is 42.7 Å². The second-order valence-corrected chi connectivity index (χ2v) is 7.27. The SMILES string of the molecule is O=C(NCC1(Sc2ccccc2)CCOCC1)C(=O)Nc1ccon1. The molecule has 2 aromatic rings. The maximum Gasteiger partial charge on any atom is 0.314 e. The van der Waals surface area contributed by atoms with Gasteiger partial charge < -0.3 is 14.6 Å². The Balaban J connectivity index is 1.60. The van der Waals surface area contributed by atoms with Crippen LogP contribution < -0.4 is 10.6 Å². The summed E-state index contributed by atoms with van der Waals surface area (Å²) in [4.78, 5) is 25.1. The lowest BCUT2D eigenvalue weighted by Gasteiger charge is -2.36. The highest BCUT2D eigenvalue weighted by molar-refractivity contribution is 8.00. The molecule has 0 radical (unpaired) electrons. The molecule has 25 heavy (non-hydrogen) atoms. The number of hydrogen-bond acceptors (Lipinski definition) is 6. The van der Waals surface area contributed by atoms with Gasteiger partial charge in [-0.2, -0.15) is 0 Å². The zero-order valence-corrected chi connectivity index (χ0v) is 14.4. The van der Waals surface area contributed by atoms with E-state index in [0.29, 0.717) is 19.8 Å². The average Bonchev–Trinajstić information content (AvgIpc) is 3.14. The van der Waals surface area contributed by atoms with Gasteiger partial charge in [-0.3, -0.25) is 14.9 Å². The molecule has 2 N–H and O–H groups in total. The summed E-state index contributed by atoms with van der Waals surface area (Å²) < 4.78 is 9.89. The summed E-state index contributed by atoms with van der Waals surface area (Å²) in [6, 6.07) is 11.5. The standard InChI is InChI=1S/C17H19N3O4S/c21-15(16(22)19-14-6-9-24-20-14)18-12-17(7-10-23-11-8-17)25-13-4-2-1-3-5-13/h1-6,9H,7-8,10-12H2,(H,18,21)(H,19,20,22). The fourth-order valence-electron chi connectivity index (χ4n) is 2.57. The molecule has 0 atom stereocenters. The molecular weight excluding hydrogens is 342 g/mol. The molecule has 1 aliphatic heterocycles. The number of nitrogens with zero attached hydrogens (tertiary/aromatic N) is 1. The fraction of sp³-hybridized carbons (Fsp3) is 0.353. The van der Waals surface area contributed by atoms with Crippen molar-refractivity contribution in [2.75, 3.05) is 25.1 Å². The van der Waals surface area contributed by atoms with Crippen molar-refractivity contribution in [2.45, 2.75) is 22.5 Å². The van der Waals surface area contributed by atoms with E-state index in [9.17, 15) is 9.59 Å². The van der Waals surface area contributed by atoms with Gasteiger partial charge in [-0.15, -0.1) is 11.8 Å². The molecule has 0 bridgehead atoms. The number of rotatable bonds is 5. The summed E-state index contributed by atoms with van der Waals surface area (Å²) in [6.07, 6.45) is 2.93. The topological polar surface area (TPSA) is 93.5 Å². The van der Waals surface area contributed by atoms with Crippen LogP contribution in [0.2, 0.25) is 0 Å². The van der Waals surface area contributed by atoms with E-state index in [4.69, 9.17) is 4.74 Å². The lowest BCUT2D eigenvalue weighted by atomic mass is 9.99. The van der Waals surface area contributed by atoms with E-state index in [0.717, 1.165) is 17.7 Å². The number of anilines is 1. The number of carbonyl (C=O) groups is 2. The molecule has 1 aromatic heterocycles. The summed E-state index contributed by atoms with van der Waals surface area (Å²) in [5, 5.41) is 8.67. The Hall–Kier alpha value is -2.32. The average molecular weight is 361 g/mol. The second-order valence-electron chi connectivity index (χ2n) is 5.73. The van der Waals surface area contributed by atoms with Gasteiger partial charge in [0.2, 0.25) is 0 Å². The van der Waals surface area contributed by atoms with E-state index >= 15 is 0 Å². The van der Waals surface area contributed by atoms with Crippen LogP contribution in [0.25, 0.3) is 0 Å². The summed E-state index contributed by atoms with van der Waals surface area (Å²) in [5.41, 5.74) is 0. The van der Waals surface area contributed by atoms with Gasteiger partial charge in [-0.1, -0.05) is 23.4 Å². The van der Waals surface area contributed by atoms with E-state index in [-0.39, 0.29) is 10.6 Å². The number of thioether (sulfide) groups is 1. The maximum atomic E-state index is 12.1. The molecule has 1 saturated heterocycles. The number of carbonyl (C=O) groups excluding carboxylic acids is 2. The summed E-state index contributed by atoms with van der Waals surface area (Å²) in [5.74, 6) is -1.25. The Labute approximate surface area is 149 Å². The van der Waals surface area contributed by atoms with E-state index in [1.54, 1.807) is 11.8 Å². The molecule has 132 valence electrons. The summed E-state index contributed by atoms with van der Waals surface area (Å²) in [7, 11) is 0. The van der Waals surface area contributed by atoms with Gasteiger partial charge in [0, 0.05) is 35.5 Å². The molecule has 2 heterocycles. The fourth-order valence-corrected chi connectivity index (χ4v) is 3.88. The Morgan fingerprint density at radius 1 is 1.12 bits per heavy atom. The van der Waals surface area contributed by atoms with Crippen molar-refractivity contribution in [3.63, 3.8) is 0 Å². The highest BCUT2D eigenvalue weighted by Gasteiger charge is 2.34. The third kappa shape index (κ3) is 4.83. The molecule has 1 aromatic carbocycles. The van der Waals surface area contributed by atoms with Crippen molar-refractivity contribution < 1.29 is 18.8 Å². The number of ether oxygens (including phenoxy) is 1. The van der Waals surface area contributed by atoms with Crippen molar-refractivity contribution >= 4 is 29.4 Å². The molecule has 3 rings (SSSR count). The predicted octanol–water partition coefficient (Wildman–Crippen LogP) is 2.07. The molecular formula is C17H19N3O4S. The number of amides is 2. The maximum absolute atomic E-state index is 12.1. The molecule has 7 nitrogen and oxygen atoms in total. The third-order valence-corrected chi connectivity index (χ3v) is 5.43. The van der Waals surface area contributed by atoms with Crippen LogP contribution in [0.5, 0.6) is 0 Å². The smallest absolute Gasteiger partial charge is 0.314 e. The highest BCUT2D eigenvalue weighted by Crippen LogP contribution is 2.40. The lowest BCUT2D eigenvalue weighted by Crippen LogP contribution is -2.47. The Kier molecular flexibility index (Phi) is 5.72. The van der Waals surface area contributed by atoms with Crippen LogP contribution >= 0.6 is 11.8 Å². The van der Waals surface area contributed by atoms with E-state index < -0.39 is 11.8 Å². The minimum absolute atomic E-state index is 0.191. The number of nitrogens with one attached hydrogen (secondary N) is 2. The number of aromatic nitrogens is 1. The second kappa shape index (κ2) is 8.17. The summed E-state index contributed by atoms with van der Waals surface area (Å²) >= 11 is 1.72. The van der Waals surface area contributed by atoms with E-state index in [1.165, 1.54) is 12.3 Å². The van der Waals surface area contributed by atoms with Gasteiger partial charge >= 0.3 is 11.8 Å². The van der Waals surface area contributed by atoms with Crippen molar-refractivity contribution in [1.82, 2.24) is 10.5 Å². The Bertz CT molecular complexity index is 700. The molecule has 2 amide bonds. The monoisotopic (exact) mass is 361 g/mol. The van der Waals surface area contributed by atoms with E-state index in [1.807, 2.05) is 30.3 Å². The first-order chi connectivity index (χ1) is 12.2. The number of hydrogen-bond donors (Lipinski definition) is 2. The molecule has 0 unspecified atom stereocenters. The van der Waals surface area contributed by atoms with Crippen LogP contribution in [0, 0.1) is 0 Å². The van der Waals surface area contributed by atoms with Gasteiger partial charge in [-0.25, -0.2) is 0 Å². The van der Waals surface area contributed by atoms with Gasteiger partial charge in [0.1, 0.15) is 6.26 Å². The van der Waals surface area contributed by atoms with Gasteiger partial charge in [0.15, 0.2) is 5.82 Å². The highest BCUT2D eigenvalue weighted by atomic mass is 32.2. The predicted molar refractivity (Wildman–Crippen MR) is 93.2 cm³/mol. The lowest BCUT2D eigenvalue weighted by molar-refractivity contribution is -0.136. The molecule has 1 aliphatic rings. The van der Waals surface area contributed by atoms with Crippen LogP contribution in [0.15, 0.2) is 52.1 Å². The van der Waals surface area contributed by atoms with Crippen LogP contribution in [-0.4, -0.2) is 41.5 Å². The van der Waals surface area contributed by atoms with Crippen molar-refractivity contribution in [2.24, 2.45) is 0 Å². The van der Waals surface area contributed by atoms with Gasteiger partial charge in [0.25, 0.3) is 0 Å². The van der Waals surface area contributed by atoms with Crippen LogP contribution in [0.4, 0.5) is 5.82 Å². The van der Waals surface area contributed by atoms with Gasteiger partial charge in [-0.05, 0) is 25.0 Å². The van der Waals surface area contributed by atoms with Crippen LogP contribution in [0.1, 0.15) is 12.8 Å². The summed E-state index contributed by atoms with van der Waals surface area (Å²) in [6.45, 7) is 1.67. The third-order valence-electron chi connectivity index (χ3n) is 3.94. The normalized spacial score (nSPS) is 16.2. The van der Waals surface area contributed by atoms with E-state index in [2.05, 4.69) is 20.3 Å². The van der Waals surface area contributed by atoms with Crippen molar-refractivity contribution in [1.29, 1.82) is 0 Å². The quantitative estimate of drug-likeness (QED) is 0.792. The molecule has 0 spiro atoms. The first kappa shape index (κ1) is 17.5. The first-order valence-corrected chi connectivity index (χ1v) is 8.80.